The van der Waals surface area contributed by atoms with E-state index in [1.54, 1.807) is 0 Å². The molecule has 6 heteroatoms. The van der Waals surface area contributed by atoms with Crippen molar-refractivity contribution in [1.29, 1.82) is 0 Å². The lowest BCUT2D eigenvalue weighted by Crippen LogP contribution is -2.56. The lowest BCUT2D eigenvalue weighted by atomic mass is 9.83. The molecule has 1 aromatic heterocycles. The van der Waals surface area contributed by atoms with Crippen molar-refractivity contribution in [1.82, 2.24) is 14.9 Å². The van der Waals surface area contributed by atoms with Gasteiger partial charge in [-0.2, -0.15) is 0 Å². The molecule has 2 aliphatic heterocycles. The van der Waals surface area contributed by atoms with Crippen molar-refractivity contribution in [3.63, 3.8) is 0 Å². The molecular weight excluding hydrogens is 316 g/mol. The standard InChI is InChI=1S/C19H30N4O2/c1-3-5-17-20-14(2)12-18(21-17)22-10-8-16-15(13-22)6-7-19(25)23(16)9-4-11-24/h12,15-16,24H,3-11,13H2,1-2H3/t15-,16+/m1/s1. The van der Waals surface area contributed by atoms with Gasteiger partial charge in [0.05, 0.1) is 0 Å². The average molecular weight is 346 g/mol. The number of piperidine rings is 2. The number of likely N-dealkylation sites (tertiary alicyclic amines) is 1. The number of hydrogen-bond acceptors (Lipinski definition) is 5. The minimum atomic E-state index is 0.147. The Morgan fingerprint density at radius 2 is 2.16 bits per heavy atom. The highest BCUT2D eigenvalue weighted by molar-refractivity contribution is 5.77. The molecule has 0 unspecified atom stereocenters. The number of nitrogens with zero attached hydrogens (tertiary/aromatic N) is 4. The monoisotopic (exact) mass is 346 g/mol. The van der Waals surface area contributed by atoms with Gasteiger partial charge in [0.2, 0.25) is 5.91 Å². The van der Waals surface area contributed by atoms with E-state index in [9.17, 15) is 4.79 Å². The van der Waals surface area contributed by atoms with E-state index in [2.05, 4.69) is 22.9 Å². The van der Waals surface area contributed by atoms with Gasteiger partial charge in [-0.25, -0.2) is 9.97 Å². The number of carbonyl (C=O) groups excluding carboxylic acids is 1. The van der Waals surface area contributed by atoms with Crippen molar-refractivity contribution in [2.45, 2.75) is 58.4 Å². The quantitative estimate of drug-likeness (QED) is 0.852. The first-order valence-electron chi connectivity index (χ1n) is 9.62. The van der Waals surface area contributed by atoms with E-state index < -0.39 is 0 Å². The van der Waals surface area contributed by atoms with Crippen LogP contribution in [0.1, 0.15) is 50.5 Å². The number of amides is 1. The average Bonchev–Trinajstić information content (AvgIpc) is 2.60. The van der Waals surface area contributed by atoms with Gasteiger partial charge in [0.1, 0.15) is 11.6 Å². The summed E-state index contributed by atoms with van der Waals surface area (Å²) in [7, 11) is 0. The van der Waals surface area contributed by atoms with Crippen LogP contribution in [0.25, 0.3) is 0 Å². The highest BCUT2D eigenvalue weighted by Crippen LogP contribution is 2.33. The Bertz CT molecular complexity index is 607. The maximum absolute atomic E-state index is 12.3. The van der Waals surface area contributed by atoms with Crippen molar-refractivity contribution in [3.8, 4) is 0 Å². The molecule has 138 valence electrons. The Morgan fingerprint density at radius 1 is 1.32 bits per heavy atom. The molecular formula is C19H30N4O2. The molecule has 2 aliphatic rings. The van der Waals surface area contributed by atoms with Crippen LogP contribution in [0.3, 0.4) is 0 Å². The minimum Gasteiger partial charge on any atom is -0.396 e. The highest BCUT2D eigenvalue weighted by atomic mass is 16.3. The smallest absolute Gasteiger partial charge is 0.222 e. The van der Waals surface area contributed by atoms with Crippen LogP contribution in [0.15, 0.2) is 6.07 Å². The molecule has 0 aliphatic carbocycles. The van der Waals surface area contributed by atoms with Crippen molar-refractivity contribution in [2.75, 3.05) is 31.1 Å². The van der Waals surface area contributed by atoms with Crippen LogP contribution in [0.4, 0.5) is 5.82 Å². The zero-order chi connectivity index (χ0) is 17.8. The van der Waals surface area contributed by atoms with E-state index in [-0.39, 0.29) is 12.5 Å². The van der Waals surface area contributed by atoms with Crippen molar-refractivity contribution in [3.05, 3.63) is 17.6 Å². The van der Waals surface area contributed by atoms with E-state index in [0.717, 1.165) is 56.1 Å². The molecule has 1 amide bonds. The van der Waals surface area contributed by atoms with E-state index in [0.29, 0.717) is 31.3 Å². The molecule has 0 radical (unpaired) electrons. The maximum Gasteiger partial charge on any atom is 0.222 e. The third-order valence-electron chi connectivity index (χ3n) is 5.39. The summed E-state index contributed by atoms with van der Waals surface area (Å²) in [5.74, 6) is 2.72. The molecule has 0 spiro atoms. The summed E-state index contributed by atoms with van der Waals surface area (Å²) in [5.41, 5.74) is 1.03. The van der Waals surface area contributed by atoms with Crippen molar-refractivity contribution >= 4 is 11.7 Å². The highest BCUT2D eigenvalue weighted by Gasteiger charge is 2.39. The fourth-order valence-corrected chi connectivity index (χ4v) is 4.20. The number of carbonyl (C=O) groups is 1. The fourth-order valence-electron chi connectivity index (χ4n) is 4.20. The van der Waals surface area contributed by atoms with Gasteiger partial charge in [-0.1, -0.05) is 6.92 Å². The second-order valence-corrected chi connectivity index (χ2v) is 7.30. The molecule has 2 fully saturated rings. The van der Waals surface area contributed by atoms with Crippen molar-refractivity contribution in [2.24, 2.45) is 5.92 Å². The van der Waals surface area contributed by atoms with Crippen LogP contribution >= 0.6 is 0 Å². The van der Waals surface area contributed by atoms with E-state index in [1.807, 2.05) is 11.8 Å². The van der Waals surface area contributed by atoms with Crippen molar-refractivity contribution < 1.29 is 9.90 Å². The number of aromatic nitrogens is 2. The molecule has 6 nitrogen and oxygen atoms in total. The summed E-state index contributed by atoms with van der Waals surface area (Å²) in [6, 6.07) is 2.40. The van der Waals surface area contributed by atoms with Gasteiger partial charge in [-0.15, -0.1) is 0 Å². The van der Waals surface area contributed by atoms with Crippen LogP contribution in [-0.4, -0.2) is 58.2 Å². The Hall–Kier alpha value is -1.69. The molecule has 0 aromatic carbocycles. The first-order valence-corrected chi connectivity index (χ1v) is 9.62. The molecule has 25 heavy (non-hydrogen) atoms. The normalized spacial score (nSPS) is 23.7. The number of aryl methyl sites for hydroxylation is 2. The minimum absolute atomic E-state index is 0.147. The van der Waals surface area contributed by atoms with E-state index in [1.165, 1.54) is 0 Å². The van der Waals surface area contributed by atoms with Gasteiger partial charge in [0.15, 0.2) is 0 Å². The Kier molecular flexibility index (Phi) is 5.89. The van der Waals surface area contributed by atoms with E-state index in [4.69, 9.17) is 10.1 Å². The zero-order valence-corrected chi connectivity index (χ0v) is 15.4. The van der Waals surface area contributed by atoms with Crippen LogP contribution in [-0.2, 0) is 11.2 Å². The molecule has 3 heterocycles. The summed E-state index contributed by atoms with van der Waals surface area (Å²) in [5, 5.41) is 9.11. The number of aliphatic hydroxyl groups excluding tert-OH is 1. The van der Waals surface area contributed by atoms with Crippen LogP contribution < -0.4 is 4.90 Å². The number of anilines is 1. The predicted molar refractivity (Wildman–Crippen MR) is 97.5 cm³/mol. The van der Waals surface area contributed by atoms with Gasteiger partial charge in [-0.05, 0) is 38.5 Å². The summed E-state index contributed by atoms with van der Waals surface area (Å²) in [6.07, 6.45) is 5.21. The first-order chi connectivity index (χ1) is 12.1. The predicted octanol–water partition coefficient (Wildman–Crippen LogP) is 1.94. The zero-order valence-electron chi connectivity index (χ0n) is 15.4. The summed E-state index contributed by atoms with van der Waals surface area (Å²) in [4.78, 5) is 26.0. The number of fused-ring (bicyclic) bond motifs is 1. The van der Waals surface area contributed by atoms with Gasteiger partial charge in [0, 0.05) is 56.9 Å². The SMILES string of the molecule is CCCc1nc(C)cc(N2CC[C@H]3[C@H](CCC(=O)N3CCCO)C2)n1. The van der Waals surface area contributed by atoms with Gasteiger partial charge >= 0.3 is 0 Å². The molecule has 3 rings (SSSR count). The lowest BCUT2D eigenvalue weighted by Gasteiger charge is -2.47. The second-order valence-electron chi connectivity index (χ2n) is 7.30. The first kappa shape index (κ1) is 18.1. The number of rotatable bonds is 6. The molecule has 0 bridgehead atoms. The van der Waals surface area contributed by atoms with Gasteiger partial charge < -0.3 is 14.9 Å². The molecule has 1 N–H and O–H groups in total. The number of aliphatic hydroxyl groups is 1. The van der Waals surface area contributed by atoms with Crippen LogP contribution in [0.5, 0.6) is 0 Å². The third kappa shape index (κ3) is 4.11. The summed E-state index contributed by atoms with van der Waals surface area (Å²) >= 11 is 0. The largest absolute Gasteiger partial charge is 0.396 e. The molecule has 2 saturated heterocycles. The Labute approximate surface area is 150 Å². The topological polar surface area (TPSA) is 69.6 Å². The number of hydrogen-bond donors (Lipinski definition) is 1. The molecule has 0 saturated carbocycles. The fraction of sp³-hybridized carbons (Fsp3) is 0.737. The van der Waals surface area contributed by atoms with Gasteiger partial charge in [0.25, 0.3) is 0 Å². The van der Waals surface area contributed by atoms with Crippen LogP contribution in [0, 0.1) is 12.8 Å². The van der Waals surface area contributed by atoms with E-state index >= 15 is 0 Å². The second kappa shape index (κ2) is 8.13. The lowest BCUT2D eigenvalue weighted by molar-refractivity contribution is -0.139. The third-order valence-corrected chi connectivity index (χ3v) is 5.39. The molecule has 1 aromatic rings. The summed E-state index contributed by atoms with van der Waals surface area (Å²) in [6.45, 7) is 6.89. The van der Waals surface area contributed by atoms with Crippen LogP contribution in [0.2, 0.25) is 0 Å². The van der Waals surface area contributed by atoms with Gasteiger partial charge in [-0.3, -0.25) is 4.79 Å². The molecule has 2 atom stereocenters. The maximum atomic E-state index is 12.3. The Morgan fingerprint density at radius 3 is 2.92 bits per heavy atom. The summed E-state index contributed by atoms with van der Waals surface area (Å²) < 4.78 is 0. The Balaban J connectivity index is 1.72.